The Labute approximate surface area is 95.7 Å². The zero-order chi connectivity index (χ0) is 11.4. The Hall–Kier alpha value is -1.26. The highest BCUT2D eigenvalue weighted by Crippen LogP contribution is 2.21. The molecule has 2 rings (SSSR count). The summed E-state index contributed by atoms with van der Waals surface area (Å²) in [6.07, 6.45) is 0.119. The summed E-state index contributed by atoms with van der Waals surface area (Å²) >= 11 is 0. The van der Waals surface area contributed by atoms with Crippen LogP contribution in [0.4, 0.5) is 11.4 Å². The molecule has 1 aliphatic rings. The van der Waals surface area contributed by atoms with Crippen LogP contribution in [0.15, 0.2) is 18.2 Å². The number of hydrogen-bond acceptors (Lipinski definition) is 4. The summed E-state index contributed by atoms with van der Waals surface area (Å²) in [5, 5.41) is 3.29. The Balaban J connectivity index is 1.91. The molecule has 0 bridgehead atoms. The van der Waals surface area contributed by atoms with Crippen molar-refractivity contribution in [1.82, 2.24) is 0 Å². The molecule has 16 heavy (non-hydrogen) atoms. The SMILES string of the molecule is Cc1cccc(NCC2COCCO2)c1N. The highest BCUT2D eigenvalue weighted by atomic mass is 16.6. The predicted octanol–water partition coefficient (Wildman–Crippen LogP) is 1.40. The van der Waals surface area contributed by atoms with E-state index in [0.717, 1.165) is 23.5 Å². The molecule has 0 aliphatic carbocycles. The van der Waals surface area contributed by atoms with Gasteiger partial charge in [0.15, 0.2) is 0 Å². The van der Waals surface area contributed by atoms with Crippen LogP contribution in [0.3, 0.4) is 0 Å². The van der Waals surface area contributed by atoms with Gasteiger partial charge in [-0.25, -0.2) is 0 Å². The van der Waals surface area contributed by atoms with Crippen LogP contribution in [-0.2, 0) is 9.47 Å². The number of ether oxygens (including phenoxy) is 2. The molecule has 4 nitrogen and oxygen atoms in total. The van der Waals surface area contributed by atoms with E-state index < -0.39 is 0 Å². The molecule has 1 fully saturated rings. The monoisotopic (exact) mass is 222 g/mol. The average molecular weight is 222 g/mol. The number of hydrogen-bond donors (Lipinski definition) is 2. The summed E-state index contributed by atoms with van der Waals surface area (Å²) in [6.45, 7) is 4.76. The number of aryl methyl sites for hydroxylation is 1. The summed E-state index contributed by atoms with van der Waals surface area (Å²) in [4.78, 5) is 0. The molecular formula is C12H18N2O2. The predicted molar refractivity (Wildman–Crippen MR) is 64.6 cm³/mol. The lowest BCUT2D eigenvalue weighted by Gasteiger charge is -2.24. The molecule has 0 saturated carbocycles. The molecule has 1 aliphatic heterocycles. The molecule has 1 aromatic rings. The lowest BCUT2D eigenvalue weighted by Crippen LogP contribution is -2.34. The van der Waals surface area contributed by atoms with E-state index in [9.17, 15) is 0 Å². The van der Waals surface area contributed by atoms with Gasteiger partial charge in [-0.05, 0) is 18.6 Å². The second-order valence-corrected chi connectivity index (χ2v) is 3.98. The first kappa shape index (κ1) is 11.2. The maximum Gasteiger partial charge on any atom is 0.0981 e. The number of para-hydroxylation sites is 1. The van der Waals surface area contributed by atoms with Crippen molar-refractivity contribution >= 4 is 11.4 Å². The van der Waals surface area contributed by atoms with Gasteiger partial charge in [0.05, 0.1) is 37.3 Å². The van der Waals surface area contributed by atoms with Gasteiger partial charge < -0.3 is 20.5 Å². The molecule has 0 radical (unpaired) electrons. The van der Waals surface area contributed by atoms with E-state index in [1.165, 1.54) is 0 Å². The van der Waals surface area contributed by atoms with Crippen LogP contribution in [0.1, 0.15) is 5.56 Å². The Morgan fingerprint density at radius 3 is 3.06 bits per heavy atom. The summed E-state index contributed by atoms with van der Waals surface area (Å²) in [7, 11) is 0. The van der Waals surface area contributed by atoms with Crippen molar-refractivity contribution in [2.24, 2.45) is 0 Å². The minimum Gasteiger partial charge on any atom is -0.397 e. The van der Waals surface area contributed by atoms with Crippen molar-refractivity contribution in [3.63, 3.8) is 0 Å². The van der Waals surface area contributed by atoms with Crippen LogP contribution in [-0.4, -0.2) is 32.5 Å². The maximum absolute atomic E-state index is 5.96. The summed E-state index contributed by atoms with van der Waals surface area (Å²) in [6, 6.07) is 5.97. The number of nitrogens with one attached hydrogen (secondary N) is 1. The maximum atomic E-state index is 5.96. The minimum absolute atomic E-state index is 0.119. The Kier molecular flexibility index (Phi) is 3.64. The third-order valence-electron chi connectivity index (χ3n) is 2.73. The van der Waals surface area contributed by atoms with Crippen LogP contribution in [0.5, 0.6) is 0 Å². The molecule has 1 unspecified atom stereocenters. The lowest BCUT2D eigenvalue weighted by molar-refractivity contribution is -0.0818. The molecular weight excluding hydrogens is 204 g/mol. The number of benzene rings is 1. The molecule has 0 aromatic heterocycles. The highest BCUT2D eigenvalue weighted by molar-refractivity contribution is 5.69. The van der Waals surface area contributed by atoms with Crippen LogP contribution in [0.25, 0.3) is 0 Å². The van der Waals surface area contributed by atoms with E-state index in [2.05, 4.69) is 5.32 Å². The molecule has 1 heterocycles. The quantitative estimate of drug-likeness (QED) is 0.759. The van der Waals surface area contributed by atoms with Crippen molar-refractivity contribution in [1.29, 1.82) is 0 Å². The Morgan fingerprint density at radius 1 is 1.44 bits per heavy atom. The fourth-order valence-electron chi connectivity index (χ4n) is 1.71. The summed E-state index contributed by atoms with van der Waals surface area (Å²) in [5.41, 5.74) is 8.82. The van der Waals surface area contributed by atoms with Gasteiger partial charge in [-0.15, -0.1) is 0 Å². The first-order chi connectivity index (χ1) is 7.77. The fraction of sp³-hybridized carbons (Fsp3) is 0.500. The minimum atomic E-state index is 0.119. The molecule has 1 aromatic carbocycles. The lowest BCUT2D eigenvalue weighted by atomic mass is 10.1. The van der Waals surface area contributed by atoms with E-state index in [0.29, 0.717) is 19.8 Å². The normalized spacial score (nSPS) is 20.7. The molecule has 1 atom stereocenters. The van der Waals surface area contributed by atoms with Gasteiger partial charge in [-0.2, -0.15) is 0 Å². The number of rotatable bonds is 3. The van der Waals surface area contributed by atoms with Gasteiger partial charge in [0, 0.05) is 6.54 Å². The van der Waals surface area contributed by atoms with Crippen molar-refractivity contribution < 1.29 is 9.47 Å². The topological polar surface area (TPSA) is 56.5 Å². The van der Waals surface area contributed by atoms with Gasteiger partial charge in [0.2, 0.25) is 0 Å². The summed E-state index contributed by atoms with van der Waals surface area (Å²) < 4.78 is 10.9. The van der Waals surface area contributed by atoms with Gasteiger partial charge in [0.1, 0.15) is 0 Å². The number of nitrogens with two attached hydrogens (primary N) is 1. The zero-order valence-electron chi connectivity index (χ0n) is 9.53. The second-order valence-electron chi connectivity index (χ2n) is 3.98. The third kappa shape index (κ3) is 2.65. The van der Waals surface area contributed by atoms with Crippen molar-refractivity contribution in [3.05, 3.63) is 23.8 Å². The van der Waals surface area contributed by atoms with Crippen LogP contribution >= 0.6 is 0 Å². The van der Waals surface area contributed by atoms with Crippen molar-refractivity contribution in [2.45, 2.75) is 13.0 Å². The first-order valence-electron chi connectivity index (χ1n) is 5.55. The zero-order valence-corrected chi connectivity index (χ0v) is 9.53. The first-order valence-corrected chi connectivity index (χ1v) is 5.55. The van der Waals surface area contributed by atoms with E-state index >= 15 is 0 Å². The summed E-state index contributed by atoms with van der Waals surface area (Å²) in [5.74, 6) is 0. The highest BCUT2D eigenvalue weighted by Gasteiger charge is 2.14. The van der Waals surface area contributed by atoms with Gasteiger partial charge in [-0.3, -0.25) is 0 Å². The number of nitrogen functional groups attached to an aromatic ring is 1. The fourth-order valence-corrected chi connectivity index (χ4v) is 1.71. The molecule has 88 valence electrons. The second kappa shape index (κ2) is 5.18. The largest absolute Gasteiger partial charge is 0.397 e. The van der Waals surface area contributed by atoms with Gasteiger partial charge >= 0.3 is 0 Å². The van der Waals surface area contributed by atoms with Crippen molar-refractivity contribution in [3.8, 4) is 0 Å². The van der Waals surface area contributed by atoms with Crippen molar-refractivity contribution in [2.75, 3.05) is 37.4 Å². The van der Waals surface area contributed by atoms with E-state index in [1.807, 2.05) is 25.1 Å². The third-order valence-corrected chi connectivity index (χ3v) is 2.73. The van der Waals surface area contributed by atoms with Crippen LogP contribution < -0.4 is 11.1 Å². The van der Waals surface area contributed by atoms with Crippen LogP contribution in [0, 0.1) is 6.92 Å². The van der Waals surface area contributed by atoms with Gasteiger partial charge in [-0.1, -0.05) is 12.1 Å². The smallest absolute Gasteiger partial charge is 0.0981 e. The number of anilines is 2. The molecule has 4 heteroatoms. The Bertz CT molecular complexity index is 349. The molecule has 0 spiro atoms. The molecule has 1 saturated heterocycles. The van der Waals surface area contributed by atoms with E-state index in [1.54, 1.807) is 0 Å². The standard InChI is InChI=1S/C12H18N2O2/c1-9-3-2-4-11(12(9)13)14-7-10-8-15-5-6-16-10/h2-4,10,14H,5-8,13H2,1H3. The molecule has 0 amide bonds. The molecule has 3 N–H and O–H groups in total. The van der Waals surface area contributed by atoms with E-state index in [4.69, 9.17) is 15.2 Å². The van der Waals surface area contributed by atoms with E-state index in [-0.39, 0.29) is 6.10 Å². The average Bonchev–Trinajstić information content (AvgIpc) is 2.32. The van der Waals surface area contributed by atoms with Gasteiger partial charge in [0.25, 0.3) is 0 Å². The Morgan fingerprint density at radius 2 is 2.31 bits per heavy atom. The van der Waals surface area contributed by atoms with Crippen LogP contribution in [0.2, 0.25) is 0 Å².